The van der Waals surface area contributed by atoms with Crippen LogP contribution in [0.25, 0.3) is 150 Å². The summed E-state index contributed by atoms with van der Waals surface area (Å²) in [6.07, 6.45) is 1.08. The molecule has 7 aliphatic carbocycles. The fourth-order valence-electron chi connectivity index (χ4n) is 21.7. The van der Waals surface area contributed by atoms with Crippen molar-refractivity contribution in [1.82, 2.24) is 24.5 Å². The van der Waals surface area contributed by atoms with E-state index in [1.807, 2.05) is 0 Å². The molecule has 115 heavy (non-hydrogen) atoms. The molecule has 540 valence electrons. The van der Waals surface area contributed by atoms with Crippen molar-refractivity contribution in [3.05, 3.63) is 435 Å². The quantitative estimate of drug-likeness (QED) is 0.165. The average Bonchev–Trinajstić information content (AvgIpc) is 1.51. The van der Waals surface area contributed by atoms with Gasteiger partial charge in [-0.1, -0.05) is 355 Å². The third-order valence-electron chi connectivity index (χ3n) is 26.6. The summed E-state index contributed by atoms with van der Waals surface area (Å²) in [5.41, 5.74) is 38.6. The molecule has 0 N–H and O–H groups in total. The molecular formula is C109H72ClN5. The van der Waals surface area contributed by atoms with E-state index in [-0.39, 0.29) is 16.2 Å². The standard InChI is InChI=1S/C54H35N3.C38H25ClN2.C17H12/c1-53(2)42-22-10-8-21-39(42)50-49(53)52(57-47-26-14-9-20-38(47)41-29-32-15-3-4-16-33(32)31-48(41)57)56-51(55-50)34-27-28-46-40(30-34)37-19-7-13-25-45(37)54(46)43-23-11-5-17-35(43)36-18-6-12-24-44(36)54;1-37(2)28-15-7-6-14-26(28)34-33(37)35(39)41-36(40-34)22-19-20-32-27(21-22)25-13-5-10-18-31(25)38(32)29-16-8-3-11-23(29)24-12-4-9-17-30(24)38;1-2-6-13-11-17-15(9-12(13)5-1)10-14-7-3-4-8-16(14)17/h3-31H,1-2H3;3-21H,1-2H3;1-9,11H,10H2. The summed E-state index contributed by atoms with van der Waals surface area (Å²) in [6.45, 7) is 9.07. The molecule has 0 aliphatic heterocycles. The second kappa shape index (κ2) is 24.2. The van der Waals surface area contributed by atoms with Gasteiger partial charge in [-0.05, 0) is 187 Å². The van der Waals surface area contributed by atoms with Crippen LogP contribution in [0.5, 0.6) is 0 Å². The first-order chi connectivity index (χ1) is 56.5. The number of halogens is 1. The van der Waals surface area contributed by atoms with Gasteiger partial charge in [-0.3, -0.25) is 4.57 Å². The molecule has 19 aromatic rings. The van der Waals surface area contributed by atoms with Crippen molar-refractivity contribution in [2.75, 3.05) is 0 Å². The van der Waals surface area contributed by atoms with Gasteiger partial charge in [-0.2, -0.15) is 0 Å². The smallest absolute Gasteiger partial charge is 0.162 e. The Hall–Kier alpha value is -13.7. The lowest BCUT2D eigenvalue weighted by molar-refractivity contribution is 0.650. The Morgan fingerprint density at radius 2 is 0.626 bits per heavy atom. The fraction of sp³-hybridized carbons (Fsp3) is 0.0826. The molecule has 0 fully saturated rings. The molecule has 0 atom stereocenters. The molecule has 3 aromatic heterocycles. The van der Waals surface area contributed by atoms with E-state index in [9.17, 15) is 0 Å². The van der Waals surface area contributed by atoms with Crippen molar-refractivity contribution >= 4 is 55.0 Å². The van der Waals surface area contributed by atoms with E-state index >= 15 is 0 Å². The molecular weight excluding hydrogens is 1410 g/mol. The first kappa shape index (κ1) is 65.9. The minimum absolute atomic E-state index is 0.242. The number of hydrogen-bond donors (Lipinski definition) is 0. The molecule has 26 rings (SSSR count). The molecule has 0 bridgehead atoms. The predicted octanol–water partition coefficient (Wildman–Crippen LogP) is 26.9. The molecule has 7 aliphatic rings. The zero-order chi connectivity index (χ0) is 76.4. The summed E-state index contributed by atoms with van der Waals surface area (Å²) in [5.74, 6) is 2.33. The zero-order valence-electron chi connectivity index (χ0n) is 63.8. The van der Waals surface area contributed by atoms with Gasteiger partial charge in [0.25, 0.3) is 0 Å². The third kappa shape index (κ3) is 8.99. The van der Waals surface area contributed by atoms with Crippen molar-refractivity contribution in [1.29, 1.82) is 0 Å². The molecule has 6 heteroatoms. The topological polar surface area (TPSA) is 56.5 Å². The van der Waals surface area contributed by atoms with Gasteiger partial charge in [0.15, 0.2) is 11.6 Å². The van der Waals surface area contributed by atoms with Gasteiger partial charge >= 0.3 is 0 Å². The number of rotatable bonds is 3. The van der Waals surface area contributed by atoms with Gasteiger partial charge in [-0.25, -0.2) is 19.9 Å². The number of nitrogens with zero attached hydrogens (tertiary/aromatic N) is 5. The highest BCUT2D eigenvalue weighted by Gasteiger charge is 2.54. The summed E-state index contributed by atoms with van der Waals surface area (Å²) in [5, 5.41) is 8.10. The highest BCUT2D eigenvalue weighted by molar-refractivity contribution is 6.31. The van der Waals surface area contributed by atoms with E-state index < -0.39 is 5.41 Å². The summed E-state index contributed by atoms with van der Waals surface area (Å²) < 4.78 is 2.42. The maximum Gasteiger partial charge on any atom is 0.162 e. The van der Waals surface area contributed by atoms with Crippen LogP contribution in [0.2, 0.25) is 5.15 Å². The van der Waals surface area contributed by atoms with Gasteiger partial charge in [-0.15, -0.1) is 0 Å². The maximum atomic E-state index is 6.96. The first-order valence-electron chi connectivity index (χ1n) is 40.1. The molecule has 0 amide bonds. The minimum Gasteiger partial charge on any atom is -0.293 e. The molecule has 16 aromatic carbocycles. The second-order valence-corrected chi connectivity index (χ2v) is 33.4. The van der Waals surface area contributed by atoms with Crippen LogP contribution >= 0.6 is 11.6 Å². The van der Waals surface area contributed by atoms with E-state index in [1.165, 1.54) is 160 Å². The molecule has 3 heterocycles. The Labute approximate surface area is 672 Å². The Balaban J connectivity index is 0.000000113. The number of fused-ring (bicyclic) bond motifs is 34. The second-order valence-electron chi connectivity index (χ2n) is 33.1. The number of para-hydroxylation sites is 1. The Morgan fingerprint density at radius 3 is 1.13 bits per heavy atom. The summed E-state index contributed by atoms with van der Waals surface area (Å²) >= 11 is 6.96. The van der Waals surface area contributed by atoms with E-state index in [4.69, 9.17) is 31.5 Å². The summed E-state index contributed by atoms with van der Waals surface area (Å²) in [7, 11) is 0. The van der Waals surface area contributed by atoms with Gasteiger partial charge < -0.3 is 0 Å². The highest BCUT2D eigenvalue weighted by atomic mass is 35.5. The Morgan fingerprint density at radius 1 is 0.261 bits per heavy atom. The molecule has 0 unspecified atom stereocenters. The van der Waals surface area contributed by atoms with Crippen molar-refractivity contribution in [3.8, 4) is 107 Å². The van der Waals surface area contributed by atoms with Gasteiger partial charge in [0.05, 0.1) is 33.3 Å². The van der Waals surface area contributed by atoms with Crippen molar-refractivity contribution in [3.63, 3.8) is 0 Å². The monoisotopic (exact) mass is 1490 g/mol. The van der Waals surface area contributed by atoms with E-state index in [0.717, 1.165) is 68.3 Å². The first-order valence-corrected chi connectivity index (χ1v) is 40.4. The lowest BCUT2D eigenvalue weighted by atomic mass is 9.70. The number of hydrogen-bond acceptors (Lipinski definition) is 4. The van der Waals surface area contributed by atoms with Crippen LogP contribution in [0, 0.1) is 0 Å². The highest BCUT2D eigenvalue weighted by Crippen LogP contribution is 2.66. The molecule has 0 saturated carbocycles. The lowest BCUT2D eigenvalue weighted by Gasteiger charge is -2.30. The largest absolute Gasteiger partial charge is 0.293 e. The lowest BCUT2D eigenvalue weighted by Crippen LogP contribution is -2.25. The van der Waals surface area contributed by atoms with Crippen molar-refractivity contribution in [2.24, 2.45) is 0 Å². The fourth-order valence-corrected chi connectivity index (χ4v) is 22.2. The van der Waals surface area contributed by atoms with Gasteiger partial charge in [0.2, 0.25) is 0 Å². The summed E-state index contributed by atoms with van der Waals surface area (Å²) in [4.78, 5) is 21.3. The van der Waals surface area contributed by atoms with E-state index in [2.05, 4.69) is 384 Å². The molecule has 2 spiro atoms. The number of benzene rings is 16. The van der Waals surface area contributed by atoms with Crippen LogP contribution in [-0.2, 0) is 28.1 Å². The minimum atomic E-state index is -0.393. The SMILES string of the molecule is CC1(C)c2ccccc2-c2nc(-c3ccc4c(c3)-c3ccccc3C43c4ccccc4-c4ccccc43)nc(-n3c4ccccc4c4cc5ccccc5cc43)c21.CC1(C)c2ccccc2-c2nc(-c3ccc4c(c3)-c3ccccc3C43c4ccccc4-c4ccccc43)nc(Cl)c21.c1ccc2c(c1)Cc1cc3ccccc3cc1-2. The van der Waals surface area contributed by atoms with Crippen molar-refractivity contribution in [2.45, 2.75) is 55.8 Å². The predicted molar refractivity (Wildman–Crippen MR) is 472 cm³/mol. The van der Waals surface area contributed by atoms with E-state index in [0.29, 0.717) is 11.0 Å². The van der Waals surface area contributed by atoms with Crippen LogP contribution in [-0.4, -0.2) is 24.5 Å². The maximum absolute atomic E-state index is 6.96. The van der Waals surface area contributed by atoms with Gasteiger partial charge in [0.1, 0.15) is 11.0 Å². The van der Waals surface area contributed by atoms with Gasteiger partial charge in [0, 0.05) is 55.0 Å². The molecule has 0 radical (unpaired) electrons. The Kier molecular flexibility index (Phi) is 13.9. The van der Waals surface area contributed by atoms with Crippen LogP contribution in [0.1, 0.15) is 106 Å². The normalized spacial score (nSPS) is 14.7. The van der Waals surface area contributed by atoms with Crippen LogP contribution in [0.3, 0.4) is 0 Å². The van der Waals surface area contributed by atoms with Crippen molar-refractivity contribution < 1.29 is 0 Å². The third-order valence-corrected chi connectivity index (χ3v) is 26.9. The zero-order valence-corrected chi connectivity index (χ0v) is 64.6. The molecule has 5 nitrogen and oxygen atoms in total. The van der Waals surface area contributed by atoms with E-state index in [1.54, 1.807) is 0 Å². The van der Waals surface area contributed by atoms with Crippen LogP contribution < -0.4 is 0 Å². The summed E-state index contributed by atoms with van der Waals surface area (Å²) in [6, 6.07) is 129. The Bertz CT molecular complexity index is 7400. The molecule has 0 saturated heterocycles. The average molecular weight is 1490 g/mol. The van der Waals surface area contributed by atoms with Crippen LogP contribution in [0.15, 0.2) is 352 Å². The number of aromatic nitrogens is 5. The van der Waals surface area contributed by atoms with Crippen LogP contribution in [0.4, 0.5) is 0 Å².